The van der Waals surface area contributed by atoms with Crippen molar-refractivity contribution in [3.63, 3.8) is 0 Å². The van der Waals surface area contributed by atoms with E-state index in [9.17, 15) is 4.79 Å². The van der Waals surface area contributed by atoms with Crippen molar-refractivity contribution in [1.82, 2.24) is 5.32 Å². The zero-order chi connectivity index (χ0) is 12.6. The zero-order valence-electron chi connectivity index (χ0n) is 11.1. The highest BCUT2D eigenvalue weighted by Gasteiger charge is 2.17. The van der Waals surface area contributed by atoms with E-state index in [1.807, 2.05) is 14.0 Å². The number of hydrogen-bond donors (Lipinski definition) is 1. The maximum absolute atomic E-state index is 10.6. The molecule has 0 aliphatic carbocycles. The van der Waals surface area contributed by atoms with Gasteiger partial charge in [0.25, 0.3) is 0 Å². The smallest absolute Gasteiger partial charge is 0.302 e. The molecular weight excluding hydrogens is 206 g/mol. The van der Waals surface area contributed by atoms with Gasteiger partial charge in [-0.05, 0) is 7.05 Å². The predicted molar refractivity (Wildman–Crippen MR) is 64.3 cm³/mol. The molecule has 0 amide bonds. The molecule has 96 valence electrons. The van der Waals surface area contributed by atoms with Crippen molar-refractivity contribution in [3.8, 4) is 0 Å². The Morgan fingerprint density at radius 2 is 2.00 bits per heavy atom. The molecule has 0 saturated carbocycles. The zero-order valence-corrected chi connectivity index (χ0v) is 11.1. The summed E-state index contributed by atoms with van der Waals surface area (Å²) >= 11 is 0. The second-order valence-corrected chi connectivity index (χ2v) is 5.12. The number of carbonyl (C=O) groups is 1. The molecule has 0 heterocycles. The minimum atomic E-state index is -0.234. The number of rotatable bonds is 8. The highest BCUT2D eigenvalue weighted by Crippen LogP contribution is 2.14. The summed E-state index contributed by atoms with van der Waals surface area (Å²) in [6, 6.07) is 0. The van der Waals surface area contributed by atoms with Gasteiger partial charge in [0.15, 0.2) is 0 Å². The van der Waals surface area contributed by atoms with Crippen LogP contribution in [0.15, 0.2) is 0 Å². The molecule has 1 N–H and O–H groups in total. The third-order valence-electron chi connectivity index (χ3n) is 2.12. The Labute approximate surface area is 98.7 Å². The predicted octanol–water partition coefficient (Wildman–Crippen LogP) is 1.45. The van der Waals surface area contributed by atoms with Crippen molar-refractivity contribution >= 4 is 5.97 Å². The number of carbonyl (C=O) groups excluding carboxylic acids is 1. The largest absolute Gasteiger partial charge is 0.466 e. The molecule has 0 rings (SSSR count). The molecular formula is C12H25NO3. The fraction of sp³-hybridized carbons (Fsp3) is 0.917. The number of ether oxygens (including phenoxy) is 2. The molecule has 1 atom stereocenters. The SMILES string of the molecule is CNCC(C)(C)COCC(C)COC(C)=O. The summed E-state index contributed by atoms with van der Waals surface area (Å²) in [4.78, 5) is 10.6. The van der Waals surface area contributed by atoms with Crippen molar-refractivity contribution in [2.45, 2.75) is 27.7 Å². The molecule has 0 aromatic rings. The molecule has 0 radical (unpaired) electrons. The summed E-state index contributed by atoms with van der Waals surface area (Å²) in [5, 5.41) is 3.14. The molecule has 0 aromatic heterocycles. The molecule has 0 bridgehead atoms. The van der Waals surface area contributed by atoms with Crippen LogP contribution in [0.25, 0.3) is 0 Å². The van der Waals surface area contributed by atoms with Crippen molar-refractivity contribution in [2.75, 3.05) is 33.4 Å². The maximum Gasteiger partial charge on any atom is 0.302 e. The summed E-state index contributed by atoms with van der Waals surface area (Å²) in [5.74, 6) is 0.0108. The lowest BCUT2D eigenvalue weighted by molar-refractivity contribution is -0.142. The third-order valence-corrected chi connectivity index (χ3v) is 2.12. The quantitative estimate of drug-likeness (QED) is 0.642. The highest BCUT2D eigenvalue weighted by atomic mass is 16.5. The van der Waals surface area contributed by atoms with Crippen molar-refractivity contribution in [1.29, 1.82) is 0 Å². The summed E-state index contributed by atoms with van der Waals surface area (Å²) in [7, 11) is 1.94. The van der Waals surface area contributed by atoms with Gasteiger partial charge in [0.2, 0.25) is 0 Å². The van der Waals surface area contributed by atoms with Gasteiger partial charge in [0.05, 0.1) is 19.8 Å². The van der Waals surface area contributed by atoms with Gasteiger partial charge in [0.1, 0.15) is 0 Å². The van der Waals surface area contributed by atoms with Crippen molar-refractivity contribution in [2.24, 2.45) is 11.3 Å². The van der Waals surface area contributed by atoms with Crippen molar-refractivity contribution < 1.29 is 14.3 Å². The van der Waals surface area contributed by atoms with Crippen LogP contribution in [-0.4, -0.2) is 39.4 Å². The van der Waals surface area contributed by atoms with E-state index in [-0.39, 0.29) is 17.3 Å². The summed E-state index contributed by atoms with van der Waals surface area (Å²) in [6.07, 6.45) is 0. The van der Waals surface area contributed by atoms with Crippen LogP contribution in [0.5, 0.6) is 0 Å². The van der Waals surface area contributed by atoms with E-state index in [1.54, 1.807) is 0 Å². The van der Waals surface area contributed by atoms with Crippen LogP contribution in [0.1, 0.15) is 27.7 Å². The van der Waals surface area contributed by atoms with Crippen LogP contribution >= 0.6 is 0 Å². The van der Waals surface area contributed by atoms with E-state index >= 15 is 0 Å². The van der Waals surface area contributed by atoms with Gasteiger partial charge in [-0.25, -0.2) is 0 Å². The van der Waals surface area contributed by atoms with E-state index < -0.39 is 0 Å². The van der Waals surface area contributed by atoms with Crippen LogP contribution in [0, 0.1) is 11.3 Å². The first-order chi connectivity index (χ1) is 7.37. The Bertz CT molecular complexity index is 204. The van der Waals surface area contributed by atoms with Crippen LogP contribution in [0.4, 0.5) is 0 Å². The van der Waals surface area contributed by atoms with Gasteiger partial charge in [0, 0.05) is 24.8 Å². The van der Waals surface area contributed by atoms with E-state index in [2.05, 4.69) is 19.2 Å². The average molecular weight is 231 g/mol. The molecule has 16 heavy (non-hydrogen) atoms. The van der Waals surface area contributed by atoms with Gasteiger partial charge in [-0.3, -0.25) is 4.79 Å². The normalized spacial score (nSPS) is 13.6. The molecule has 0 spiro atoms. The van der Waals surface area contributed by atoms with E-state index in [1.165, 1.54) is 6.92 Å². The molecule has 4 heteroatoms. The average Bonchev–Trinajstić information content (AvgIpc) is 2.14. The van der Waals surface area contributed by atoms with Gasteiger partial charge in [-0.1, -0.05) is 20.8 Å². The molecule has 0 saturated heterocycles. The Kier molecular flexibility index (Phi) is 7.34. The number of nitrogens with one attached hydrogen (secondary N) is 1. The topological polar surface area (TPSA) is 47.6 Å². The van der Waals surface area contributed by atoms with Crippen LogP contribution < -0.4 is 5.32 Å². The van der Waals surface area contributed by atoms with E-state index in [0.29, 0.717) is 19.8 Å². The number of esters is 1. The van der Waals surface area contributed by atoms with E-state index in [0.717, 1.165) is 6.54 Å². The van der Waals surface area contributed by atoms with E-state index in [4.69, 9.17) is 9.47 Å². The fourth-order valence-electron chi connectivity index (χ4n) is 1.37. The lowest BCUT2D eigenvalue weighted by Crippen LogP contribution is -2.32. The molecule has 4 nitrogen and oxygen atoms in total. The first-order valence-electron chi connectivity index (χ1n) is 5.73. The number of hydrogen-bond acceptors (Lipinski definition) is 4. The first-order valence-corrected chi connectivity index (χ1v) is 5.73. The van der Waals surface area contributed by atoms with Crippen LogP contribution in [0.2, 0.25) is 0 Å². The molecule has 0 aliphatic heterocycles. The Hall–Kier alpha value is -0.610. The lowest BCUT2D eigenvalue weighted by atomic mass is 9.95. The minimum absolute atomic E-state index is 0.135. The Morgan fingerprint density at radius 1 is 1.38 bits per heavy atom. The van der Waals surface area contributed by atoms with Crippen LogP contribution in [0.3, 0.4) is 0 Å². The molecule has 0 fully saturated rings. The van der Waals surface area contributed by atoms with Gasteiger partial charge >= 0.3 is 5.97 Å². The maximum atomic E-state index is 10.6. The second-order valence-electron chi connectivity index (χ2n) is 5.12. The molecule has 0 aromatic carbocycles. The summed E-state index contributed by atoms with van der Waals surface area (Å²) < 4.78 is 10.5. The second kappa shape index (κ2) is 7.63. The fourth-order valence-corrected chi connectivity index (χ4v) is 1.37. The first kappa shape index (κ1) is 15.4. The summed E-state index contributed by atoms with van der Waals surface area (Å²) in [6.45, 7) is 10.4. The van der Waals surface area contributed by atoms with Crippen LogP contribution in [-0.2, 0) is 14.3 Å². The molecule has 1 unspecified atom stereocenters. The van der Waals surface area contributed by atoms with Gasteiger partial charge in [-0.2, -0.15) is 0 Å². The highest BCUT2D eigenvalue weighted by molar-refractivity contribution is 5.65. The Morgan fingerprint density at radius 3 is 2.50 bits per heavy atom. The monoisotopic (exact) mass is 231 g/mol. The lowest BCUT2D eigenvalue weighted by Gasteiger charge is -2.24. The van der Waals surface area contributed by atoms with Crippen molar-refractivity contribution in [3.05, 3.63) is 0 Å². The molecule has 0 aliphatic rings. The van der Waals surface area contributed by atoms with Gasteiger partial charge in [-0.15, -0.1) is 0 Å². The third kappa shape index (κ3) is 8.68. The Balaban J connectivity index is 3.60. The van der Waals surface area contributed by atoms with Gasteiger partial charge < -0.3 is 14.8 Å². The summed E-state index contributed by atoms with van der Waals surface area (Å²) in [5.41, 5.74) is 0.135. The minimum Gasteiger partial charge on any atom is -0.466 e. The standard InChI is InChI=1S/C12H25NO3/c1-10(7-16-11(2)14)6-15-9-12(3,4)8-13-5/h10,13H,6-9H2,1-5H3.